The maximum Gasteiger partial charge on any atom is 0.269 e. The Hall–Kier alpha value is -4.04. The van der Waals surface area contributed by atoms with Crippen molar-refractivity contribution in [2.45, 2.75) is 0 Å². The molecule has 0 unspecified atom stereocenters. The molecule has 40 heavy (non-hydrogen) atoms. The van der Waals surface area contributed by atoms with Crippen LogP contribution < -0.4 is 0 Å². The summed E-state index contributed by atoms with van der Waals surface area (Å²) in [7, 11) is 0. The molecule has 4 aromatic carbocycles. The summed E-state index contributed by atoms with van der Waals surface area (Å²) in [6, 6.07) is 26.6. The van der Waals surface area contributed by atoms with Crippen LogP contribution in [0.2, 0.25) is 0 Å². The highest BCUT2D eigenvalue weighted by atomic mass is 127. The lowest BCUT2D eigenvalue weighted by molar-refractivity contribution is -0.385. The van der Waals surface area contributed by atoms with Crippen molar-refractivity contribution in [1.29, 1.82) is 0 Å². The van der Waals surface area contributed by atoms with Crippen LogP contribution in [0.25, 0.3) is 12.2 Å². The molecule has 0 aromatic heterocycles. The molecule has 0 saturated heterocycles. The summed E-state index contributed by atoms with van der Waals surface area (Å²) in [6.45, 7) is 0. The van der Waals surface area contributed by atoms with E-state index in [4.69, 9.17) is 0 Å². The molecule has 10 heteroatoms. The van der Waals surface area contributed by atoms with Crippen LogP contribution in [0.4, 0.5) is 11.4 Å². The normalized spacial score (nSPS) is 10.7. The second-order valence-corrected chi connectivity index (χ2v) is 10.6. The fourth-order valence-electron chi connectivity index (χ4n) is 3.18. The van der Waals surface area contributed by atoms with Gasteiger partial charge in [-0.25, -0.2) is 0 Å². The van der Waals surface area contributed by atoms with E-state index < -0.39 is 9.85 Å². The van der Waals surface area contributed by atoms with Crippen LogP contribution in [-0.2, 0) is 0 Å². The predicted octanol–water partition coefficient (Wildman–Crippen LogP) is 8.19. The zero-order valence-electron chi connectivity index (χ0n) is 20.6. The van der Waals surface area contributed by atoms with Crippen LogP contribution in [0.3, 0.4) is 0 Å². The zero-order valence-corrected chi connectivity index (χ0v) is 25.0. The first-order valence-electron chi connectivity index (χ1n) is 11.6. The van der Waals surface area contributed by atoms with Gasteiger partial charge < -0.3 is 0 Å². The second-order valence-electron chi connectivity index (χ2n) is 8.11. The number of carbonyl (C=O) groups excluding carboxylic acids is 2. The Balaban J connectivity index is 0.000000220. The number of nitrogens with zero attached hydrogens (tertiary/aromatic N) is 2. The van der Waals surface area contributed by atoms with E-state index in [-0.39, 0.29) is 22.9 Å². The Bertz CT molecular complexity index is 1440. The van der Waals surface area contributed by atoms with Crippen molar-refractivity contribution in [2.75, 3.05) is 0 Å². The van der Waals surface area contributed by atoms with Gasteiger partial charge in [-0.1, -0.05) is 36.4 Å². The summed E-state index contributed by atoms with van der Waals surface area (Å²) in [4.78, 5) is 44.0. The molecule has 0 radical (unpaired) electrons. The SMILES string of the molecule is O=C(/C=C/c1ccc([N+](=O)[O-])cc1)c1ccc(I)cc1.O=C(/C=C/c1ccc([N+](=O)[O-])cc1)c1ccc(I)cc1. The van der Waals surface area contributed by atoms with Crippen molar-refractivity contribution in [3.05, 3.63) is 159 Å². The Morgan fingerprint density at radius 2 is 0.825 bits per heavy atom. The third-order valence-corrected chi connectivity index (χ3v) is 6.76. The van der Waals surface area contributed by atoms with Crippen LogP contribution in [0.15, 0.2) is 109 Å². The molecule has 0 bridgehead atoms. The maximum absolute atomic E-state index is 11.9. The summed E-state index contributed by atoms with van der Waals surface area (Å²) in [5, 5.41) is 21.0. The number of allylic oxidation sites excluding steroid dienone is 2. The Morgan fingerprint density at radius 3 is 1.10 bits per heavy atom. The van der Waals surface area contributed by atoms with Gasteiger partial charge in [-0.05, 0) is 117 Å². The van der Waals surface area contributed by atoms with E-state index in [0.29, 0.717) is 11.1 Å². The number of nitro benzene ring substituents is 2. The molecule has 0 aliphatic rings. The summed E-state index contributed by atoms with van der Waals surface area (Å²) in [5.74, 6) is -0.195. The average molecular weight is 758 g/mol. The largest absolute Gasteiger partial charge is 0.289 e. The molecular formula is C30H20I2N2O6. The van der Waals surface area contributed by atoms with Gasteiger partial charge in [-0.2, -0.15) is 0 Å². The van der Waals surface area contributed by atoms with Crippen molar-refractivity contribution < 1.29 is 19.4 Å². The summed E-state index contributed by atoms with van der Waals surface area (Å²) >= 11 is 4.35. The molecule has 0 amide bonds. The highest BCUT2D eigenvalue weighted by Crippen LogP contribution is 2.15. The fourth-order valence-corrected chi connectivity index (χ4v) is 3.90. The number of benzene rings is 4. The molecule has 0 N–H and O–H groups in total. The summed E-state index contributed by atoms with van der Waals surface area (Å²) in [5.41, 5.74) is 2.79. The van der Waals surface area contributed by atoms with E-state index in [1.54, 1.807) is 60.7 Å². The van der Waals surface area contributed by atoms with Crippen LogP contribution >= 0.6 is 45.2 Å². The second kappa shape index (κ2) is 14.9. The van der Waals surface area contributed by atoms with Crippen molar-refractivity contribution in [3.8, 4) is 0 Å². The first kappa shape index (κ1) is 30.5. The lowest BCUT2D eigenvalue weighted by Gasteiger charge is -1.96. The monoisotopic (exact) mass is 758 g/mol. The first-order valence-corrected chi connectivity index (χ1v) is 13.7. The minimum Gasteiger partial charge on any atom is -0.289 e. The number of non-ortho nitro benzene ring substituents is 2. The molecular weight excluding hydrogens is 738 g/mol. The van der Waals surface area contributed by atoms with Gasteiger partial charge in [0.05, 0.1) is 9.85 Å². The number of ketones is 2. The topological polar surface area (TPSA) is 120 Å². The third-order valence-electron chi connectivity index (χ3n) is 5.32. The molecule has 0 spiro atoms. The van der Waals surface area contributed by atoms with Gasteiger partial charge in [0, 0.05) is 42.5 Å². The molecule has 200 valence electrons. The van der Waals surface area contributed by atoms with E-state index in [2.05, 4.69) is 45.2 Å². The standard InChI is InChI=1S/2C15H10INO3/c2*16-13-6-4-12(5-7-13)15(18)10-3-11-1-8-14(9-2-11)17(19)20/h2*1-10H/b2*10-3+. The quantitative estimate of drug-likeness (QED) is 0.0588. The van der Waals surface area contributed by atoms with E-state index in [1.165, 1.54) is 36.4 Å². The maximum atomic E-state index is 11.9. The number of halogens is 2. The van der Waals surface area contributed by atoms with Crippen LogP contribution in [0.5, 0.6) is 0 Å². The molecule has 8 nitrogen and oxygen atoms in total. The zero-order chi connectivity index (χ0) is 29.1. The van der Waals surface area contributed by atoms with Gasteiger partial charge in [0.25, 0.3) is 11.4 Å². The molecule has 0 aliphatic heterocycles. The Morgan fingerprint density at radius 1 is 0.525 bits per heavy atom. The number of rotatable bonds is 8. The molecule has 0 heterocycles. The molecule has 4 rings (SSSR count). The number of hydrogen-bond donors (Lipinski definition) is 0. The van der Waals surface area contributed by atoms with Crippen molar-refractivity contribution >= 4 is 80.3 Å². The smallest absolute Gasteiger partial charge is 0.269 e. The van der Waals surface area contributed by atoms with Crippen molar-refractivity contribution in [3.63, 3.8) is 0 Å². The average Bonchev–Trinajstić information content (AvgIpc) is 2.96. The van der Waals surface area contributed by atoms with Gasteiger partial charge in [0.15, 0.2) is 11.6 Å². The third kappa shape index (κ3) is 9.61. The minimum atomic E-state index is -0.454. The summed E-state index contributed by atoms with van der Waals surface area (Å²) in [6.07, 6.45) is 6.21. The van der Waals surface area contributed by atoms with Gasteiger partial charge >= 0.3 is 0 Å². The lowest BCUT2D eigenvalue weighted by Crippen LogP contribution is -1.93. The van der Waals surface area contributed by atoms with E-state index in [1.807, 2.05) is 24.3 Å². The molecule has 0 aliphatic carbocycles. The van der Waals surface area contributed by atoms with E-state index in [0.717, 1.165) is 18.3 Å². The van der Waals surface area contributed by atoms with Crippen LogP contribution in [0.1, 0.15) is 31.8 Å². The summed E-state index contributed by atoms with van der Waals surface area (Å²) < 4.78 is 2.14. The number of hydrogen-bond acceptors (Lipinski definition) is 6. The Labute approximate surface area is 257 Å². The minimum absolute atomic E-state index is 0.0334. The molecule has 4 aromatic rings. The molecule has 0 saturated carbocycles. The number of carbonyl (C=O) groups is 2. The lowest BCUT2D eigenvalue weighted by atomic mass is 10.1. The van der Waals surface area contributed by atoms with Gasteiger partial charge in [-0.3, -0.25) is 29.8 Å². The van der Waals surface area contributed by atoms with Gasteiger partial charge in [0.1, 0.15) is 0 Å². The van der Waals surface area contributed by atoms with Crippen molar-refractivity contribution in [1.82, 2.24) is 0 Å². The van der Waals surface area contributed by atoms with Gasteiger partial charge in [0.2, 0.25) is 0 Å². The van der Waals surface area contributed by atoms with Crippen molar-refractivity contribution in [2.24, 2.45) is 0 Å². The van der Waals surface area contributed by atoms with E-state index in [9.17, 15) is 29.8 Å². The van der Waals surface area contributed by atoms with Crippen LogP contribution in [0, 0.1) is 27.4 Å². The molecule has 0 atom stereocenters. The van der Waals surface area contributed by atoms with Gasteiger partial charge in [-0.15, -0.1) is 0 Å². The van der Waals surface area contributed by atoms with E-state index >= 15 is 0 Å². The predicted molar refractivity (Wildman–Crippen MR) is 171 cm³/mol. The fraction of sp³-hybridized carbons (Fsp3) is 0. The Kier molecular flexibility index (Phi) is 11.4. The highest BCUT2D eigenvalue weighted by molar-refractivity contribution is 14.1. The molecule has 0 fully saturated rings. The van der Waals surface area contributed by atoms with Crippen LogP contribution in [-0.4, -0.2) is 21.4 Å². The first-order chi connectivity index (χ1) is 19.1. The highest BCUT2D eigenvalue weighted by Gasteiger charge is 2.05. The number of nitro groups is 2.